The summed E-state index contributed by atoms with van der Waals surface area (Å²) >= 11 is 4.50. The van der Waals surface area contributed by atoms with Crippen molar-refractivity contribution < 1.29 is 9.59 Å². The molecular formula is C21H24BBrN7O2S. The van der Waals surface area contributed by atoms with Gasteiger partial charge in [-0.3, -0.25) is 9.59 Å². The van der Waals surface area contributed by atoms with E-state index in [1.807, 2.05) is 27.0 Å². The summed E-state index contributed by atoms with van der Waals surface area (Å²) in [6.45, 7) is 7.52. The number of hydrogen-bond donors (Lipinski definition) is 1. The van der Waals surface area contributed by atoms with E-state index in [1.165, 1.54) is 33.2 Å². The molecule has 0 saturated carbocycles. The maximum atomic E-state index is 12.7. The Hall–Kier alpha value is -3.04. The Balaban J connectivity index is 0.00000122. The first-order chi connectivity index (χ1) is 15.6. The number of aryl methyl sites for hydroxylation is 1. The van der Waals surface area contributed by atoms with Crippen molar-refractivity contribution in [2.75, 3.05) is 14.1 Å². The number of benzene rings is 1. The summed E-state index contributed by atoms with van der Waals surface area (Å²) in [5.74, 6) is 0.488. The second kappa shape index (κ2) is 11.7. The van der Waals surface area contributed by atoms with Gasteiger partial charge in [0.25, 0.3) is 11.8 Å². The van der Waals surface area contributed by atoms with Crippen molar-refractivity contribution in [2.24, 2.45) is 0 Å². The third kappa shape index (κ3) is 6.72. The van der Waals surface area contributed by atoms with Crippen LogP contribution in [0, 0.1) is 18.3 Å². The molecular weight excluding hydrogens is 505 g/mol. The van der Waals surface area contributed by atoms with Crippen LogP contribution in [0.25, 0.3) is 5.13 Å². The molecule has 3 rings (SSSR count). The summed E-state index contributed by atoms with van der Waals surface area (Å²) in [5, 5.41) is 16.8. The summed E-state index contributed by atoms with van der Waals surface area (Å²) in [4.78, 5) is 35.5. The molecule has 1 atom stereocenters. The SMILES string of the molecule is C[B]C.Cc1nc(C(C)NC(=O)c2cc(Br)cc(C#N)c2)n(-c2ncc(C(=O)N(C)C)s2)n1. The molecule has 1 unspecified atom stereocenters. The third-order valence-corrected chi connectivity index (χ3v) is 5.47. The molecule has 1 N–H and O–H groups in total. The number of nitrogens with zero attached hydrogens (tertiary/aromatic N) is 6. The van der Waals surface area contributed by atoms with Crippen LogP contribution in [0.4, 0.5) is 0 Å². The van der Waals surface area contributed by atoms with Crippen molar-refractivity contribution in [2.45, 2.75) is 33.5 Å². The van der Waals surface area contributed by atoms with Gasteiger partial charge < -0.3 is 10.2 Å². The lowest BCUT2D eigenvalue weighted by Crippen LogP contribution is -2.28. The van der Waals surface area contributed by atoms with Crippen LogP contribution >= 0.6 is 27.3 Å². The molecule has 0 saturated heterocycles. The zero-order valence-electron chi connectivity index (χ0n) is 19.3. The van der Waals surface area contributed by atoms with Gasteiger partial charge in [-0.25, -0.2) is 9.97 Å². The van der Waals surface area contributed by atoms with Gasteiger partial charge in [0.1, 0.15) is 18.0 Å². The van der Waals surface area contributed by atoms with E-state index in [-0.39, 0.29) is 11.8 Å². The highest BCUT2D eigenvalue weighted by Crippen LogP contribution is 2.23. The topological polar surface area (TPSA) is 117 Å². The van der Waals surface area contributed by atoms with E-state index in [0.717, 1.165) is 0 Å². The second-order valence-corrected chi connectivity index (χ2v) is 9.17. The van der Waals surface area contributed by atoms with Crippen LogP contribution in [-0.4, -0.2) is 57.8 Å². The van der Waals surface area contributed by atoms with Crippen LogP contribution in [0.15, 0.2) is 28.9 Å². The number of amides is 2. The molecule has 0 spiro atoms. The molecule has 12 heteroatoms. The smallest absolute Gasteiger partial charge is 0.265 e. The Morgan fingerprint density at radius 1 is 1.30 bits per heavy atom. The van der Waals surface area contributed by atoms with E-state index >= 15 is 0 Å². The van der Waals surface area contributed by atoms with Gasteiger partial charge in [0.15, 0.2) is 5.82 Å². The summed E-state index contributed by atoms with van der Waals surface area (Å²) in [6, 6.07) is 6.32. The van der Waals surface area contributed by atoms with Gasteiger partial charge in [-0.15, -0.1) is 5.10 Å². The summed E-state index contributed by atoms with van der Waals surface area (Å²) < 4.78 is 2.16. The number of nitriles is 1. The van der Waals surface area contributed by atoms with Gasteiger partial charge in [-0.2, -0.15) is 9.94 Å². The first-order valence-corrected chi connectivity index (χ1v) is 11.6. The molecule has 3 aromatic rings. The van der Waals surface area contributed by atoms with Crippen LogP contribution in [-0.2, 0) is 0 Å². The van der Waals surface area contributed by atoms with Gasteiger partial charge in [0.05, 0.1) is 23.9 Å². The van der Waals surface area contributed by atoms with Crippen molar-refractivity contribution in [3.8, 4) is 11.2 Å². The quantitative estimate of drug-likeness (QED) is 0.505. The van der Waals surface area contributed by atoms with Gasteiger partial charge in [-0.1, -0.05) is 40.9 Å². The lowest BCUT2D eigenvalue weighted by Gasteiger charge is -2.14. The summed E-state index contributed by atoms with van der Waals surface area (Å²) in [6.07, 6.45) is 1.50. The third-order valence-electron chi connectivity index (χ3n) is 4.05. The van der Waals surface area contributed by atoms with Crippen molar-refractivity contribution >= 4 is 46.4 Å². The number of aromatic nitrogens is 4. The molecule has 33 heavy (non-hydrogen) atoms. The molecule has 171 valence electrons. The summed E-state index contributed by atoms with van der Waals surface area (Å²) in [5.41, 5.74) is 0.728. The van der Waals surface area contributed by atoms with E-state index in [1.54, 1.807) is 40.1 Å². The monoisotopic (exact) mass is 528 g/mol. The predicted molar refractivity (Wildman–Crippen MR) is 132 cm³/mol. The normalized spacial score (nSPS) is 11.0. The average molecular weight is 529 g/mol. The molecule has 1 radical (unpaired) electrons. The van der Waals surface area contributed by atoms with Crippen LogP contribution in [0.2, 0.25) is 13.6 Å². The predicted octanol–water partition coefficient (Wildman–Crippen LogP) is 3.65. The maximum Gasteiger partial charge on any atom is 0.265 e. The van der Waals surface area contributed by atoms with Crippen molar-refractivity contribution in [3.05, 3.63) is 56.5 Å². The minimum absolute atomic E-state index is 0.151. The van der Waals surface area contributed by atoms with E-state index in [2.05, 4.69) is 36.3 Å². The summed E-state index contributed by atoms with van der Waals surface area (Å²) in [7, 11) is 5.34. The largest absolute Gasteiger partial charge is 0.344 e. The number of halogens is 1. The number of carbonyl (C=O) groups is 2. The first kappa shape index (κ1) is 26.2. The van der Waals surface area contributed by atoms with Crippen LogP contribution in [0.1, 0.15) is 50.2 Å². The molecule has 0 aliphatic carbocycles. The first-order valence-electron chi connectivity index (χ1n) is 9.98. The molecule has 0 bridgehead atoms. The highest BCUT2D eigenvalue weighted by molar-refractivity contribution is 9.10. The minimum Gasteiger partial charge on any atom is -0.344 e. The van der Waals surface area contributed by atoms with Crippen LogP contribution < -0.4 is 5.32 Å². The molecule has 2 heterocycles. The highest BCUT2D eigenvalue weighted by Gasteiger charge is 2.22. The van der Waals surface area contributed by atoms with Crippen molar-refractivity contribution in [1.82, 2.24) is 30.0 Å². The van der Waals surface area contributed by atoms with Crippen LogP contribution in [0.3, 0.4) is 0 Å². The standard InChI is InChI=1S/C19H18BrN7O2S.C2H6B/c1-10(23-17(28)13-5-12(8-21)6-14(20)7-13)16-24-11(2)25-27(16)19-22-9-15(30-19)18(29)26(3)4;1-3-2/h5-7,9-10H,1-4H3,(H,23,28);1-2H3. The molecule has 0 aliphatic heterocycles. The Bertz CT molecular complexity index is 1190. The zero-order valence-corrected chi connectivity index (χ0v) is 21.7. The maximum absolute atomic E-state index is 12.7. The number of carbonyl (C=O) groups excluding carboxylic acids is 2. The minimum atomic E-state index is -0.500. The van der Waals surface area contributed by atoms with E-state index < -0.39 is 6.04 Å². The van der Waals surface area contributed by atoms with Crippen LogP contribution in [0.5, 0.6) is 0 Å². The Morgan fingerprint density at radius 2 is 1.97 bits per heavy atom. The molecule has 2 aromatic heterocycles. The Labute approximate surface area is 206 Å². The van der Waals surface area contributed by atoms with Gasteiger partial charge in [0, 0.05) is 24.1 Å². The fourth-order valence-electron chi connectivity index (χ4n) is 2.66. The molecule has 0 aliphatic rings. The number of hydrogen-bond acceptors (Lipinski definition) is 7. The Morgan fingerprint density at radius 3 is 2.58 bits per heavy atom. The molecule has 1 aromatic carbocycles. The van der Waals surface area contributed by atoms with Crippen molar-refractivity contribution in [1.29, 1.82) is 5.26 Å². The highest BCUT2D eigenvalue weighted by atomic mass is 79.9. The lowest BCUT2D eigenvalue weighted by atomic mass is 9.88. The lowest BCUT2D eigenvalue weighted by molar-refractivity contribution is 0.0831. The number of thiazole rings is 1. The molecule has 9 nitrogen and oxygen atoms in total. The van der Waals surface area contributed by atoms with Gasteiger partial charge in [-0.05, 0) is 32.0 Å². The van der Waals surface area contributed by atoms with Gasteiger partial charge in [0.2, 0.25) is 5.13 Å². The molecule has 2 amide bonds. The van der Waals surface area contributed by atoms with E-state index in [9.17, 15) is 9.59 Å². The van der Waals surface area contributed by atoms with Crippen molar-refractivity contribution in [3.63, 3.8) is 0 Å². The number of rotatable bonds is 5. The van der Waals surface area contributed by atoms with E-state index in [0.29, 0.717) is 37.3 Å². The average Bonchev–Trinajstić information content (AvgIpc) is 3.39. The molecule has 0 fully saturated rings. The zero-order chi connectivity index (χ0) is 24.7. The Kier molecular flexibility index (Phi) is 9.31. The van der Waals surface area contributed by atoms with Gasteiger partial charge >= 0.3 is 0 Å². The number of nitrogens with one attached hydrogen (secondary N) is 1. The fraction of sp³-hybridized carbons (Fsp3) is 0.333. The second-order valence-electron chi connectivity index (χ2n) is 7.25. The fourth-order valence-corrected chi connectivity index (χ4v) is 4.06. The van der Waals surface area contributed by atoms with E-state index in [4.69, 9.17) is 5.26 Å².